The lowest BCUT2D eigenvalue weighted by Crippen LogP contribution is -2.43. The molecule has 1 unspecified atom stereocenters. The van der Waals surface area contributed by atoms with Gasteiger partial charge in [-0.1, -0.05) is 30.3 Å². The molecule has 2 aromatic rings. The van der Waals surface area contributed by atoms with Crippen LogP contribution >= 0.6 is 0 Å². The summed E-state index contributed by atoms with van der Waals surface area (Å²) in [5, 5.41) is 7.12. The van der Waals surface area contributed by atoms with Crippen molar-refractivity contribution in [2.24, 2.45) is 5.92 Å². The Bertz CT molecular complexity index is 1040. The smallest absolute Gasteiger partial charge is 0.475 e. The quantitative estimate of drug-likeness (QED) is 0.684. The van der Waals surface area contributed by atoms with Gasteiger partial charge in [0.15, 0.2) is 0 Å². The summed E-state index contributed by atoms with van der Waals surface area (Å²) in [5.74, 6) is -2.00. The zero-order valence-corrected chi connectivity index (χ0v) is 17.8. The number of halogens is 4. The molecule has 0 aromatic heterocycles. The molecule has 5 rings (SSSR count). The van der Waals surface area contributed by atoms with Crippen molar-refractivity contribution in [3.05, 3.63) is 65.5 Å². The van der Waals surface area contributed by atoms with Crippen LogP contribution in [0.2, 0.25) is 0 Å². The van der Waals surface area contributed by atoms with Gasteiger partial charge in [0.1, 0.15) is 5.82 Å². The number of likely N-dealkylation sites (tertiary alicyclic amines) is 1. The molecule has 176 valence electrons. The number of alkyl halides is 3. The summed E-state index contributed by atoms with van der Waals surface area (Å²) in [4.78, 5) is 26.7. The molecule has 9 heteroatoms. The Kier molecular flexibility index (Phi) is 6.18. The van der Waals surface area contributed by atoms with Gasteiger partial charge in [0.2, 0.25) is 5.91 Å². The van der Waals surface area contributed by atoms with Crippen LogP contribution in [0.4, 0.5) is 23.2 Å². The number of aliphatic carboxylic acids is 1. The Hall–Kier alpha value is -2.94. The molecule has 1 saturated heterocycles. The SMILES string of the molecule is O=C(O)C(F)(F)F.O=C1N(CC2CC2)c2ccccc2C12CCN(Cc1ccc(F)cc1)C2. The van der Waals surface area contributed by atoms with Crippen LogP contribution in [0, 0.1) is 11.7 Å². The van der Waals surface area contributed by atoms with Gasteiger partial charge >= 0.3 is 12.1 Å². The number of hydrogen-bond donors (Lipinski definition) is 1. The summed E-state index contributed by atoms with van der Waals surface area (Å²) in [7, 11) is 0. The molecular weight excluding hydrogens is 440 g/mol. The molecule has 1 amide bonds. The first-order valence-electron chi connectivity index (χ1n) is 10.8. The summed E-state index contributed by atoms with van der Waals surface area (Å²) in [6, 6.07) is 15.0. The molecule has 1 spiro atoms. The first-order chi connectivity index (χ1) is 15.6. The number of benzene rings is 2. The number of carboxylic acid groups (broad SMARTS) is 1. The van der Waals surface area contributed by atoms with E-state index >= 15 is 0 Å². The van der Waals surface area contributed by atoms with Crippen LogP contribution in [0.15, 0.2) is 48.5 Å². The number of anilines is 1. The molecule has 2 aromatic carbocycles. The summed E-state index contributed by atoms with van der Waals surface area (Å²) in [5.41, 5.74) is 3.02. The molecule has 1 saturated carbocycles. The molecule has 1 N–H and O–H groups in total. The van der Waals surface area contributed by atoms with E-state index < -0.39 is 17.6 Å². The Morgan fingerprint density at radius 1 is 1.09 bits per heavy atom. The van der Waals surface area contributed by atoms with Crippen LogP contribution in [-0.4, -0.2) is 47.7 Å². The van der Waals surface area contributed by atoms with Crippen molar-refractivity contribution in [3.63, 3.8) is 0 Å². The molecule has 5 nitrogen and oxygen atoms in total. The fourth-order valence-corrected chi connectivity index (χ4v) is 4.60. The summed E-state index contributed by atoms with van der Waals surface area (Å²) < 4.78 is 44.9. The summed E-state index contributed by atoms with van der Waals surface area (Å²) >= 11 is 0. The number of carbonyl (C=O) groups excluding carboxylic acids is 1. The third kappa shape index (κ3) is 4.88. The first-order valence-corrected chi connectivity index (χ1v) is 10.8. The van der Waals surface area contributed by atoms with Gasteiger partial charge in [0.05, 0.1) is 5.41 Å². The van der Waals surface area contributed by atoms with Gasteiger partial charge in [-0.2, -0.15) is 13.2 Å². The molecule has 1 aliphatic carbocycles. The minimum Gasteiger partial charge on any atom is -0.475 e. The van der Waals surface area contributed by atoms with Crippen LogP contribution in [0.25, 0.3) is 0 Å². The van der Waals surface area contributed by atoms with Gasteiger partial charge in [0.25, 0.3) is 0 Å². The molecule has 33 heavy (non-hydrogen) atoms. The van der Waals surface area contributed by atoms with Crippen molar-refractivity contribution in [1.82, 2.24) is 4.90 Å². The van der Waals surface area contributed by atoms with E-state index in [4.69, 9.17) is 9.90 Å². The zero-order chi connectivity index (χ0) is 23.8. The number of carbonyl (C=O) groups is 2. The lowest BCUT2D eigenvalue weighted by atomic mass is 9.81. The molecule has 2 fully saturated rings. The lowest BCUT2D eigenvalue weighted by Gasteiger charge is -2.25. The highest BCUT2D eigenvalue weighted by Crippen LogP contribution is 2.48. The predicted molar refractivity (Wildman–Crippen MR) is 113 cm³/mol. The van der Waals surface area contributed by atoms with Gasteiger partial charge in [-0.3, -0.25) is 9.69 Å². The van der Waals surface area contributed by atoms with Gasteiger partial charge in [0, 0.05) is 25.3 Å². The maximum absolute atomic E-state index is 13.4. The van der Waals surface area contributed by atoms with E-state index in [-0.39, 0.29) is 11.7 Å². The highest BCUT2D eigenvalue weighted by atomic mass is 19.4. The number of hydrogen-bond acceptors (Lipinski definition) is 3. The van der Waals surface area contributed by atoms with Gasteiger partial charge in [-0.15, -0.1) is 0 Å². The largest absolute Gasteiger partial charge is 0.490 e. The Balaban J connectivity index is 0.000000325. The Morgan fingerprint density at radius 3 is 2.33 bits per heavy atom. The monoisotopic (exact) mass is 464 g/mol. The highest BCUT2D eigenvalue weighted by Gasteiger charge is 2.54. The standard InChI is InChI=1S/C22H23FN2O.C2HF3O2/c23-18-9-7-16(8-10-18)13-24-12-11-22(15-24)19-3-1-2-4-20(19)25(21(22)26)14-17-5-6-17;3-2(4,5)1(6)7/h1-4,7-10,17H,5-6,11-15H2;(H,6,7). The molecule has 2 heterocycles. The molecule has 0 bridgehead atoms. The van der Waals surface area contributed by atoms with Crippen molar-refractivity contribution in [2.45, 2.75) is 37.4 Å². The van der Waals surface area contributed by atoms with Crippen LogP contribution in [0.1, 0.15) is 30.4 Å². The average Bonchev–Trinajstić information content (AvgIpc) is 3.45. The third-order valence-corrected chi connectivity index (χ3v) is 6.41. The van der Waals surface area contributed by atoms with E-state index in [0.29, 0.717) is 5.92 Å². The number of carboxylic acids is 1. The first kappa shape index (κ1) is 23.2. The van der Waals surface area contributed by atoms with Crippen LogP contribution < -0.4 is 4.90 Å². The predicted octanol–water partition coefficient (Wildman–Crippen LogP) is 4.36. The molecule has 2 aliphatic heterocycles. The fourth-order valence-electron chi connectivity index (χ4n) is 4.60. The number of rotatable bonds is 4. The van der Waals surface area contributed by atoms with Crippen LogP contribution in [0.5, 0.6) is 0 Å². The third-order valence-electron chi connectivity index (χ3n) is 6.41. The fraction of sp³-hybridized carbons (Fsp3) is 0.417. The zero-order valence-electron chi connectivity index (χ0n) is 17.8. The molecular formula is C24H24F4N2O3. The molecule has 0 radical (unpaired) electrons. The highest BCUT2D eigenvalue weighted by molar-refractivity contribution is 6.08. The van der Waals surface area contributed by atoms with Crippen molar-refractivity contribution in [2.75, 3.05) is 24.5 Å². The van der Waals surface area contributed by atoms with E-state index in [0.717, 1.165) is 43.9 Å². The maximum Gasteiger partial charge on any atom is 0.490 e. The minimum atomic E-state index is -5.08. The van der Waals surface area contributed by atoms with Crippen molar-refractivity contribution in [1.29, 1.82) is 0 Å². The van der Waals surface area contributed by atoms with E-state index in [1.54, 1.807) is 0 Å². The van der Waals surface area contributed by atoms with E-state index in [1.807, 2.05) is 23.1 Å². The number of para-hydroxylation sites is 1. The van der Waals surface area contributed by atoms with E-state index in [1.165, 1.54) is 30.5 Å². The maximum atomic E-state index is 13.4. The van der Waals surface area contributed by atoms with Crippen molar-refractivity contribution >= 4 is 17.6 Å². The van der Waals surface area contributed by atoms with Gasteiger partial charge in [-0.05, 0) is 61.1 Å². The average molecular weight is 464 g/mol. The van der Waals surface area contributed by atoms with Gasteiger partial charge in [-0.25, -0.2) is 9.18 Å². The van der Waals surface area contributed by atoms with E-state index in [2.05, 4.69) is 23.1 Å². The summed E-state index contributed by atoms with van der Waals surface area (Å²) in [6.45, 7) is 3.28. The molecule has 1 atom stereocenters. The normalized spacial score (nSPS) is 22.3. The number of amides is 1. The van der Waals surface area contributed by atoms with Crippen molar-refractivity contribution in [3.8, 4) is 0 Å². The van der Waals surface area contributed by atoms with Crippen LogP contribution in [0.3, 0.4) is 0 Å². The number of nitrogens with zero attached hydrogens (tertiary/aromatic N) is 2. The van der Waals surface area contributed by atoms with Crippen molar-refractivity contribution < 1.29 is 32.3 Å². The second-order valence-corrected chi connectivity index (χ2v) is 8.85. The Labute approximate surface area is 188 Å². The second-order valence-electron chi connectivity index (χ2n) is 8.85. The lowest BCUT2D eigenvalue weighted by molar-refractivity contribution is -0.192. The molecule has 3 aliphatic rings. The number of fused-ring (bicyclic) bond motifs is 2. The topological polar surface area (TPSA) is 60.9 Å². The Morgan fingerprint density at radius 2 is 1.73 bits per heavy atom. The second kappa shape index (κ2) is 8.78. The summed E-state index contributed by atoms with van der Waals surface area (Å²) in [6.07, 6.45) is -1.73. The minimum absolute atomic E-state index is 0.206. The van der Waals surface area contributed by atoms with Crippen LogP contribution in [-0.2, 0) is 21.5 Å². The van der Waals surface area contributed by atoms with Gasteiger partial charge < -0.3 is 10.0 Å². The van der Waals surface area contributed by atoms with E-state index in [9.17, 15) is 22.4 Å².